The number of carboxylic acid groups (broad SMARTS) is 1. The van der Waals surface area contributed by atoms with E-state index in [-0.39, 0.29) is 18.3 Å². The van der Waals surface area contributed by atoms with E-state index in [1.165, 1.54) is 12.1 Å². The zero-order chi connectivity index (χ0) is 21.3. The number of carbonyl (C=O) groups excluding carboxylic acids is 1. The number of hydrogen-bond donors (Lipinski definition) is 3. The predicted octanol–water partition coefficient (Wildman–Crippen LogP) is 4.23. The summed E-state index contributed by atoms with van der Waals surface area (Å²) in [5.74, 6) is -1.04. The molecule has 1 rings (SSSR count). The number of anilines is 1. The Balaban J connectivity index is 2.82. The summed E-state index contributed by atoms with van der Waals surface area (Å²) in [6.45, 7) is 9.51. The highest BCUT2D eigenvalue weighted by Crippen LogP contribution is 2.19. The second kappa shape index (κ2) is 11.0. The number of aromatic carboxylic acids is 1. The number of benzene rings is 1. The zero-order valence-electron chi connectivity index (χ0n) is 17.4. The molecule has 0 saturated heterocycles. The molecule has 7 heteroatoms. The van der Waals surface area contributed by atoms with Gasteiger partial charge in [0.25, 0.3) is 0 Å². The van der Waals surface area contributed by atoms with Crippen molar-refractivity contribution in [3.05, 3.63) is 29.3 Å². The molecule has 3 N–H and O–H groups in total. The van der Waals surface area contributed by atoms with Crippen LogP contribution in [0.15, 0.2) is 18.2 Å². The topological polar surface area (TPSA) is 105 Å². The SMILES string of the molecule is CCCC(O)C(CC)OCCc1cc(NC(=O)OC(C)(C)C)ccc1C(=O)O. The third-order valence-electron chi connectivity index (χ3n) is 4.10. The van der Waals surface area contributed by atoms with E-state index in [0.29, 0.717) is 30.5 Å². The number of amides is 1. The monoisotopic (exact) mass is 395 g/mol. The number of aliphatic hydroxyl groups excluding tert-OH is 1. The average Bonchev–Trinajstić information content (AvgIpc) is 2.57. The number of carbonyl (C=O) groups is 2. The van der Waals surface area contributed by atoms with Crippen LogP contribution < -0.4 is 5.32 Å². The smallest absolute Gasteiger partial charge is 0.412 e. The van der Waals surface area contributed by atoms with E-state index < -0.39 is 23.8 Å². The first-order chi connectivity index (χ1) is 13.1. The molecule has 0 heterocycles. The summed E-state index contributed by atoms with van der Waals surface area (Å²) < 4.78 is 11.0. The second-order valence-corrected chi connectivity index (χ2v) is 7.73. The fourth-order valence-electron chi connectivity index (χ4n) is 2.81. The molecule has 0 aliphatic carbocycles. The minimum absolute atomic E-state index is 0.153. The number of ether oxygens (including phenoxy) is 2. The van der Waals surface area contributed by atoms with Gasteiger partial charge in [0.05, 0.1) is 24.4 Å². The van der Waals surface area contributed by atoms with E-state index in [1.807, 2.05) is 13.8 Å². The Morgan fingerprint density at radius 2 is 1.89 bits per heavy atom. The summed E-state index contributed by atoms with van der Waals surface area (Å²) in [6, 6.07) is 4.59. The Bertz CT molecular complexity index is 653. The lowest BCUT2D eigenvalue weighted by molar-refractivity contribution is -0.0411. The first-order valence-corrected chi connectivity index (χ1v) is 9.73. The number of hydrogen-bond acceptors (Lipinski definition) is 5. The van der Waals surface area contributed by atoms with Gasteiger partial charge in [0, 0.05) is 5.69 Å². The molecule has 2 unspecified atom stereocenters. The van der Waals surface area contributed by atoms with Crippen molar-refractivity contribution in [3.63, 3.8) is 0 Å². The van der Waals surface area contributed by atoms with Crippen molar-refractivity contribution in [2.75, 3.05) is 11.9 Å². The number of nitrogens with one attached hydrogen (secondary N) is 1. The van der Waals surface area contributed by atoms with Gasteiger partial charge < -0.3 is 19.7 Å². The van der Waals surface area contributed by atoms with Gasteiger partial charge in [-0.3, -0.25) is 5.32 Å². The van der Waals surface area contributed by atoms with Crippen molar-refractivity contribution in [3.8, 4) is 0 Å². The van der Waals surface area contributed by atoms with Crippen molar-refractivity contribution in [2.45, 2.75) is 78.1 Å². The van der Waals surface area contributed by atoms with Crippen LogP contribution >= 0.6 is 0 Å². The molecule has 0 radical (unpaired) electrons. The molecule has 7 nitrogen and oxygen atoms in total. The van der Waals surface area contributed by atoms with E-state index in [2.05, 4.69) is 5.32 Å². The average molecular weight is 395 g/mol. The molecule has 28 heavy (non-hydrogen) atoms. The van der Waals surface area contributed by atoms with Gasteiger partial charge in [-0.05, 0) is 63.8 Å². The van der Waals surface area contributed by atoms with E-state index in [9.17, 15) is 19.8 Å². The largest absolute Gasteiger partial charge is 0.478 e. The third kappa shape index (κ3) is 8.27. The standard InChI is InChI=1S/C21H33NO6/c1-6-8-17(23)18(7-2)27-12-11-14-13-15(9-10-16(14)19(24)25)22-20(26)28-21(3,4)5/h9-10,13,17-18,23H,6-8,11-12H2,1-5H3,(H,22,26)(H,24,25). The van der Waals surface area contributed by atoms with Crippen molar-refractivity contribution in [1.29, 1.82) is 0 Å². The van der Waals surface area contributed by atoms with Gasteiger partial charge in [-0.25, -0.2) is 9.59 Å². The highest BCUT2D eigenvalue weighted by atomic mass is 16.6. The highest BCUT2D eigenvalue weighted by Gasteiger charge is 2.19. The minimum atomic E-state index is -1.04. The lowest BCUT2D eigenvalue weighted by Crippen LogP contribution is -2.29. The molecule has 0 aliphatic rings. The first kappa shape index (κ1) is 23.9. The van der Waals surface area contributed by atoms with Crippen LogP contribution in [0.5, 0.6) is 0 Å². The van der Waals surface area contributed by atoms with Crippen LogP contribution in [-0.4, -0.2) is 46.7 Å². The van der Waals surface area contributed by atoms with Gasteiger partial charge in [-0.1, -0.05) is 20.3 Å². The fraction of sp³-hybridized carbons (Fsp3) is 0.619. The maximum Gasteiger partial charge on any atom is 0.412 e. The summed E-state index contributed by atoms with van der Waals surface area (Å²) in [5.41, 5.74) is 0.518. The molecule has 0 bridgehead atoms. The number of rotatable bonds is 10. The van der Waals surface area contributed by atoms with Crippen molar-refractivity contribution in [1.82, 2.24) is 0 Å². The van der Waals surface area contributed by atoms with Gasteiger partial charge in [-0.15, -0.1) is 0 Å². The van der Waals surface area contributed by atoms with Gasteiger partial charge in [0.15, 0.2) is 0 Å². The van der Waals surface area contributed by atoms with Gasteiger partial charge in [0.2, 0.25) is 0 Å². The summed E-state index contributed by atoms with van der Waals surface area (Å²) in [5, 5.41) is 22.1. The molecular weight excluding hydrogens is 362 g/mol. The summed E-state index contributed by atoms with van der Waals surface area (Å²) in [4.78, 5) is 23.4. The van der Waals surface area contributed by atoms with Crippen molar-refractivity contribution < 1.29 is 29.3 Å². The number of aliphatic hydroxyl groups is 1. The molecule has 1 aromatic carbocycles. The molecular formula is C21H33NO6. The Morgan fingerprint density at radius 1 is 1.21 bits per heavy atom. The van der Waals surface area contributed by atoms with E-state index in [0.717, 1.165) is 6.42 Å². The molecule has 1 aromatic rings. The second-order valence-electron chi connectivity index (χ2n) is 7.73. The van der Waals surface area contributed by atoms with Crippen LogP contribution in [0, 0.1) is 0 Å². The van der Waals surface area contributed by atoms with Crippen LogP contribution in [0.4, 0.5) is 10.5 Å². The lowest BCUT2D eigenvalue weighted by atomic mass is 10.0. The molecule has 0 aliphatic heterocycles. The maximum absolute atomic E-state index is 11.9. The summed E-state index contributed by atoms with van der Waals surface area (Å²) in [7, 11) is 0. The molecule has 0 saturated carbocycles. The van der Waals surface area contributed by atoms with Crippen LogP contribution in [0.25, 0.3) is 0 Å². The van der Waals surface area contributed by atoms with Crippen molar-refractivity contribution in [2.24, 2.45) is 0 Å². The zero-order valence-corrected chi connectivity index (χ0v) is 17.4. The van der Waals surface area contributed by atoms with Crippen LogP contribution in [0.2, 0.25) is 0 Å². The van der Waals surface area contributed by atoms with E-state index in [1.54, 1.807) is 26.8 Å². The molecule has 2 atom stereocenters. The summed E-state index contributed by atoms with van der Waals surface area (Å²) in [6.07, 6.45) is 1.13. The molecule has 0 aromatic heterocycles. The van der Waals surface area contributed by atoms with Crippen LogP contribution in [0.1, 0.15) is 69.8 Å². The quantitative estimate of drug-likeness (QED) is 0.547. The maximum atomic E-state index is 11.9. The Morgan fingerprint density at radius 3 is 2.43 bits per heavy atom. The number of carboxylic acids is 1. The fourth-order valence-corrected chi connectivity index (χ4v) is 2.81. The third-order valence-corrected chi connectivity index (χ3v) is 4.10. The van der Waals surface area contributed by atoms with Crippen molar-refractivity contribution >= 4 is 17.7 Å². The minimum Gasteiger partial charge on any atom is -0.478 e. The van der Waals surface area contributed by atoms with Gasteiger partial charge in [-0.2, -0.15) is 0 Å². The predicted molar refractivity (Wildman–Crippen MR) is 108 cm³/mol. The molecule has 0 fully saturated rings. The first-order valence-electron chi connectivity index (χ1n) is 9.73. The molecule has 0 spiro atoms. The van der Waals surface area contributed by atoms with Crippen LogP contribution in [-0.2, 0) is 15.9 Å². The normalized spacial score (nSPS) is 13.6. The van der Waals surface area contributed by atoms with E-state index >= 15 is 0 Å². The molecule has 1 amide bonds. The Kier molecular flexibility index (Phi) is 9.41. The summed E-state index contributed by atoms with van der Waals surface area (Å²) >= 11 is 0. The van der Waals surface area contributed by atoms with E-state index in [4.69, 9.17) is 9.47 Å². The Labute approximate surface area is 167 Å². The van der Waals surface area contributed by atoms with Gasteiger partial charge in [0.1, 0.15) is 5.60 Å². The highest BCUT2D eigenvalue weighted by molar-refractivity contribution is 5.91. The Hall–Kier alpha value is -2.12. The molecule has 158 valence electrons. The van der Waals surface area contributed by atoms with Crippen LogP contribution in [0.3, 0.4) is 0 Å². The lowest BCUT2D eigenvalue weighted by Gasteiger charge is -2.22. The van der Waals surface area contributed by atoms with Gasteiger partial charge >= 0.3 is 12.1 Å².